The number of aromatic nitrogens is 2. The maximum Gasteiger partial charge on any atom is 0.324 e. The molecule has 0 atom stereocenters. The van der Waals surface area contributed by atoms with E-state index >= 15 is 0 Å². The molecule has 0 spiro atoms. The van der Waals surface area contributed by atoms with Gasteiger partial charge in [0.1, 0.15) is 0 Å². The Hall–Kier alpha value is -2.48. The molecular formula is C12H13N5O2S. The van der Waals surface area contributed by atoms with Crippen molar-refractivity contribution < 1.29 is 9.59 Å². The summed E-state index contributed by atoms with van der Waals surface area (Å²) in [5.74, 6) is 0.307. The summed E-state index contributed by atoms with van der Waals surface area (Å²) in [6, 6.07) is 6.22. The molecule has 0 aliphatic heterocycles. The van der Waals surface area contributed by atoms with Crippen LogP contribution in [0.25, 0.3) is 0 Å². The third kappa shape index (κ3) is 3.51. The van der Waals surface area contributed by atoms with Gasteiger partial charge in [-0.2, -0.15) is 8.75 Å². The van der Waals surface area contributed by atoms with Crippen molar-refractivity contribution in [3.8, 4) is 0 Å². The largest absolute Gasteiger partial charge is 0.345 e. The highest BCUT2D eigenvalue weighted by molar-refractivity contribution is 6.99. The van der Waals surface area contributed by atoms with Crippen LogP contribution < -0.4 is 10.6 Å². The van der Waals surface area contributed by atoms with Crippen molar-refractivity contribution in [3.05, 3.63) is 36.0 Å². The van der Waals surface area contributed by atoms with Crippen molar-refractivity contribution in [3.63, 3.8) is 0 Å². The lowest BCUT2D eigenvalue weighted by Crippen LogP contribution is -2.22. The lowest BCUT2D eigenvalue weighted by molar-refractivity contribution is 0.0827. The Morgan fingerprint density at radius 3 is 2.40 bits per heavy atom. The van der Waals surface area contributed by atoms with Gasteiger partial charge in [-0.05, 0) is 24.3 Å². The van der Waals surface area contributed by atoms with Crippen LogP contribution in [-0.4, -0.2) is 39.7 Å². The van der Waals surface area contributed by atoms with Gasteiger partial charge in [-0.1, -0.05) is 0 Å². The molecule has 3 amide bonds. The predicted octanol–water partition coefficient (Wildman–Crippen LogP) is 1.88. The highest BCUT2D eigenvalue weighted by atomic mass is 32.1. The predicted molar refractivity (Wildman–Crippen MR) is 77.0 cm³/mol. The number of carbonyl (C=O) groups is 2. The summed E-state index contributed by atoms with van der Waals surface area (Å²) in [5, 5.41) is 5.18. The standard InChI is InChI=1S/C12H13N5O2S/c1-17(2)11(18)8-3-5-9(6-4-8)14-12(19)15-10-7-13-20-16-10/h3-7H,1-2H3,(H2,14,15,16,19). The number of anilines is 2. The SMILES string of the molecule is CN(C)C(=O)c1ccc(NC(=O)Nc2cnsn2)cc1. The molecule has 0 saturated carbocycles. The molecule has 0 unspecified atom stereocenters. The van der Waals surface area contributed by atoms with Crippen LogP contribution in [0.15, 0.2) is 30.5 Å². The first-order valence-corrected chi connectivity index (χ1v) is 6.46. The van der Waals surface area contributed by atoms with Gasteiger partial charge in [0.15, 0.2) is 5.82 Å². The van der Waals surface area contributed by atoms with Gasteiger partial charge in [-0.15, -0.1) is 0 Å². The number of nitrogens with zero attached hydrogens (tertiary/aromatic N) is 3. The summed E-state index contributed by atoms with van der Waals surface area (Å²) in [4.78, 5) is 24.8. The zero-order chi connectivity index (χ0) is 14.5. The minimum Gasteiger partial charge on any atom is -0.345 e. The van der Waals surface area contributed by atoms with Crippen LogP contribution in [-0.2, 0) is 0 Å². The van der Waals surface area contributed by atoms with E-state index in [0.717, 1.165) is 11.7 Å². The lowest BCUT2D eigenvalue weighted by atomic mass is 10.2. The number of rotatable bonds is 3. The molecule has 7 nitrogen and oxygen atoms in total. The molecule has 104 valence electrons. The molecule has 0 saturated heterocycles. The number of hydrogen-bond donors (Lipinski definition) is 2. The molecule has 0 aliphatic carbocycles. The third-order valence-corrected chi connectivity index (χ3v) is 2.88. The molecule has 1 aromatic carbocycles. The Bertz CT molecular complexity index is 595. The monoisotopic (exact) mass is 291 g/mol. The Kier molecular flexibility index (Phi) is 4.26. The van der Waals surface area contributed by atoms with Gasteiger partial charge < -0.3 is 10.2 Å². The van der Waals surface area contributed by atoms with Crippen LogP contribution in [0, 0.1) is 0 Å². The van der Waals surface area contributed by atoms with Crippen LogP contribution in [0.5, 0.6) is 0 Å². The van der Waals surface area contributed by atoms with Crippen LogP contribution in [0.3, 0.4) is 0 Å². The van der Waals surface area contributed by atoms with Gasteiger partial charge in [0, 0.05) is 25.3 Å². The van der Waals surface area contributed by atoms with E-state index in [9.17, 15) is 9.59 Å². The van der Waals surface area contributed by atoms with E-state index < -0.39 is 6.03 Å². The maximum atomic E-state index is 11.7. The van der Waals surface area contributed by atoms with Crippen molar-refractivity contribution >= 4 is 35.2 Å². The molecular weight excluding hydrogens is 278 g/mol. The van der Waals surface area contributed by atoms with E-state index in [1.54, 1.807) is 38.4 Å². The molecule has 0 aliphatic rings. The Balaban J connectivity index is 1.97. The van der Waals surface area contributed by atoms with Gasteiger partial charge in [0.25, 0.3) is 5.91 Å². The third-order valence-electron chi connectivity index (χ3n) is 2.40. The van der Waals surface area contributed by atoms with E-state index in [0.29, 0.717) is 17.1 Å². The van der Waals surface area contributed by atoms with Gasteiger partial charge in [0.2, 0.25) is 0 Å². The quantitative estimate of drug-likeness (QED) is 0.904. The van der Waals surface area contributed by atoms with Crippen LogP contribution in [0.2, 0.25) is 0 Å². The molecule has 2 rings (SSSR count). The number of amides is 3. The zero-order valence-electron chi connectivity index (χ0n) is 11.0. The van der Waals surface area contributed by atoms with E-state index in [-0.39, 0.29) is 5.91 Å². The average Bonchev–Trinajstić information content (AvgIpc) is 2.91. The average molecular weight is 291 g/mol. The molecule has 0 radical (unpaired) electrons. The Morgan fingerprint density at radius 2 is 1.85 bits per heavy atom. The first-order valence-electron chi connectivity index (χ1n) is 5.73. The van der Waals surface area contributed by atoms with Gasteiger partial charge in [-0.25, -0.2) is 4.79 Å². The van der Waals surface area contributed by atoms with E-state index in [1.165, 1.54) is 11.1 Å². The highest BCUT2D eigenvalue weighted by Gasteiger charge is 2.08. The second kappa shape index (κ2) is 6.11. The summed E-state index contributed by atoms with van der Waals surface area (Å²) in [5.41, 5.74) is 1.14. The number of urea groups is 1. The summed E-state index contributed by atoms with van der Waals surface area (Å²) in [7, 11) is 3.37. The summed E-state index contributed by atoms with van der Waals surface area (Å²) < 4.78 is 7.64. The van der Waals surface area contributed by atoms with E-state index in [1.807, 2.05) is 0 Å². The fourth-order valence-electron chi connectivity index (χ4n) is 1.45. The molecule has 2 aromatic rings. The summed E-state index contributed by atoms with van der Waals surface area (Å²) in [6.07, 6.45) is 1.46. The van der Waals surface area contributed by atoms with Gasteiger partial charge in [0.05, 0.1) is 17.9 Å². The van der Waals surface area contributed by atoms with Crippen molar-refractivity contribution in [1.82, 2.24) is 13.6 Å². The zero-order valence-corrected chi connectivity index (χ0v) is 11.8. The first kappa shape index (κ1) is 13.9. The smallest absolute Gasteiger partial charge is 0.324 e. The van der Waals surface area contributed by atoms with Crippen molar-refractivity contribution in [2.75, 3.05) is 24.7 Å². The number of benzene rings is 1. The highest BCUT2D eigenvalue weighted by Crippen LogP contribution is 2.11. The van der Waals surface area contributed by atoms with E-state index in [4.69, 9.17) is 0 Å². The molecule has 1 heterocycles. The van der Waals surface area contributed by atoms with Crippen LogP contribution in [0.4, 0.5) is 16.3 Å². The lowest BCUT2D eigenvalue weighted by Gasteiger charge is -2.11. The molecule has 2 N–H and O–H groups in total. The van der Waals surface area contributed by atoms with Crippen LogP contribution in [0.1, 0.15) is 10.4 Å². The minimum atomic E-state index is -0.413. The summed E-state index contributed by atoms with van der Waals surface area (Å²) >= 11 is 1.01. The molecule has 0 fully saturated rings. The fourth-order valence-corrected chi connectivity index (χ4v) is 1.83. The van der Waals surface area contributed by atoms with Gasteiger partial charge >= 0.3 is 6.03 Å². The number of carbonyl (C=O) groups excluding carboxylic acids is 2. The van der Waals surface area contributed by atoms with E-state index in [2.05, 4.69) is 19.4 Å². The van der Waals surface area contributed by atoms with Crippen molar-refractivity contribution in [1.29, 1.82) is 0 Å². The molecule has 20 heavy (non-hydrogen) atoms. The maximum absolute atomic E-state index is 11.7. The minimum absolute atomic E-state index is 0.0884. The topological polar surface area (TPSA) is 87.2 Å². The second-order valence-corrected chi connectivity index (χ2v) is 4.71. The van der Waals surface area contributed by atoms with Gasteiger partial charge in [-0.3, -0.25) is 10.1 Å². The fraction of sp³-hybridized carbons (Fsp3) is 0.167. The molecule has 0 bridgehead atoms. The van der Waals surface area contributed by atoms with Crippen LogP contribution >= 0.6 is 11.7 Å². The molecule has 8 heteroatoms. The molecule has 1 aromatic heterocycles. The number of nitrogens with one attached hydrogen (secondary N) is 2. The first-order chi connectivity index (χ1) is 9.56. The normalized spacial score (nSPS) is 9.90. The Morgan fingerprint density at radius 1 is 1.15 bits per heavy atom. The second-order valence-electron chi connectivity index (χ2n) is 4.15. The number of hydrogen-bond acceptors (Lipinski definition) is 5. The van der Waals surface area contributed by atoms with Crippen molar-refractivity contribution in [2.45, 2.75) is 0 Å². The van der Waals surface area contributed by atoms with Crippen molar-refractivity contribution in [2.24, 2.45) is 0 Å². The Labute approximate surface area is 119 Å². The summed E-state index contributed by atoms with van der Waals surface area (Å²) in [6.45, 7) is 0.